The molecule has 0 aromatic carbocycles. The Bertz CT molecular complexity index is 239. The van der Waals surface area contributed by atoms with Gasteiger partial charge in [0.15, 0.2) is 0 Å². The highest BCUT2D eigenvalue weighted by atomic mass is 35.5. The molecule has 0 fully saturated rings. The zero-order valence-electron chi connectivity index (χ0n) is 6.53. The van der Waals surface area contributed by atoms with E-state index in [9.17, 15) is 0 Å². The van der Waals surface area contributed by atoms with Crippen molar-refractivity contribution in [3.63, 3.8) is 0 Å². The van der Waals surface area contributed by atoms with E-state index in [0.717, 1.165) is 19.3 Å². The van der Waals surface area contributed by atoms with Crippen LogP contribution in [0.5, 0.6) is 0 Å². The molecule has 0 aliphatic heterocycles. The van der Waals surface area contributed by atoms with Gasteiger partial charge in [-0.2, -0.15) is 0 Å². The highest BCUT2D eigenvalue weighted by Crippen LogP contribution is 2.22. The zero-order valence-corrected chi connectivity index (χ0v) is 8.97. The number of aryl methyl sites for hydroxylation is 1. The minimum atomic E-state index is 0. The Hall–Kier alpha value is 0.170. The van der Waals surface area contributed by atoms with Crippen molar-refractivity contribution < 1.29 is 0 Å². The molecule has 1 atom stereocenters. The lowest BCUT2D eigenvalue weighted by atomic mass is 9.99. The lowest BCUT2D eigenvalue weighted by molar-refractivity contribution is 0.576. The van der Waals surface area contributed by atoms with Crippen LogP contribution in [-0.2, 0) is 12.8 Å². The Labute approximate surface area is 88.4 Å². The van der Waals surface area contributed by atoms with Crippen LogP contribution in [0.25, 0.3) is 0 Å². The molecule has 2 N–H and O–H groups in total. The number of hydrogen-bond acceptors (Lipinski definition) is 3. The van der Waals surface area contributed by atoms with Gasteiger partial charge in [-0.3, -0.25) is 0 Å². The highest BCUT2D eigenvalue weighted by molar-refractivity contribution is 7.09. The Kier molecular flexibility index (Phi) is 5.09. The van der Waals surface area contributed by atoms with Gasteiger partial charge < -0.3 is 5.73 Å². The summed E-state index contributed by atoms with van der Waals surface area (Å²) in [6, 6.07) is 0.382. The summed E-state index contributed by atoms with van der Waals surface area (Å²) < 4.78 is 0. The summed E-state index contributed by atoms with van der Waals surface area (Å²) in [7, 11) is 0. The lowest BCUT2D eigenvalue weighted by Crippen LogP contribution is -2.26. The topological polar surface area (TPSA) is 38.9 Å². The Morgan fingerprint density at radius 2 is 2.25 bits per heavy atom. The number of fused-ring (bicyclic) bond motifs is 1. The third-order valence-electron chi connectivity index (χ3n) is 1.92. The summed E-state index contributed by atoms with van der Waals surface area (Å²) in [5.74, 6) is 0. The van der Waals surface area contributed by atoms with E-state index in [4.69, 9.17) is 5.73 Å². The maximum absolute atomic E-state index is 5.79. The number of halogens is 2. The Morgan fingerprint density at radius 3 is 3.00 bits per heavy atom. The standard InChI is InChI=1S/C7H10N2S.2ClH/c8-5-1-2-6-7(3-5)10-4-9-6;;/h4-5H,1-3,8H2;2*1H. The number of nitrogens with zero attached hydrogens (tertiary/aromatic N) is 1. The van der Waals surface area contributed by atoms with Crippen LogP contribution in [0.4, 0.5) is 0 Å². The molecule has 0 radical (unpaired) electrons. The minimum absolute atomic E-state index is 0. The van der Waals surface area contributed by atoms with Crippen LogP contribution in [-0.4, -0.2) is 11.0 Å². The van der Waals surface area contributed by atoms with Gasteiger partial charge in [0.25, 0.3) is 0 Å². The maximum atomic E-state index is 5.79. The predicted octanol–water partition coefficient (Wildman–Crippen LogP) is 1.80. The fourth-order valence-electron chi connectivity index (χ4n) is 1.33. The van der Waals surface area contributed by atoms with Gasteiger partial charge in [-0.25, -0.2) is 4.98 Å². The first-order valence-electron chi connectivity index (χ1n) is 3.53. The van der Waals surface area contributed by atoms with Crippen molar-refractivity contribution in [2.24, 2.45) is 5.73 Å². The van der Waals surface area contributed by atoms with Crippen LogP contribution in [0, 0.1) is 0 Å². The molecular weight excluding hydrogens is 215 g/mol. The first-order valence-corrected chi connectivity index (χ1v) is 4.41. The first-order chi connectivity index (χ1) is 4.86. The summed E-state index contributed by atoms with van der Waals surface area (Å²) >= 11 is 1.74. The molecule has 0 bridgehead atoms. The molecule has 2 rings (SSSR count). The molecule has 1 aliphatic rings. The smallest absolute Gasteiger partial charge is 0.0797 e. The summed E-state index contributed by atoms with van der Waals surface area (Å²) in [4.78, 5) is 5.66. The Morgan fingerprint density at radius 1 is 1.50 bits per heavy atom. The molecule has 1 unspecified atom stereocenters. The SMILES string of the molecule is Cl.Cl.NC1CCc2ncsc2C1. The van der Waals surface area contributed by atoms with E-state index in [1.54, 1.807) is 11.3 Å². The molecule has 1 heterocycles. The van der Waals surface area contributed by atoms with Gasteiger partial charge in [-0.1, -0.05) is 0 Å². The second-order valence-electron chi connectivity index (χ2n) is 2.73. The molecule has 0 spiro atoms. The van der Waals surface area contributed by atoms with Gasteiger partial charge in [0.1, 0.15) is 0 Å². The van der Waals surface area contributed by atoms with Crippen LogP contribution in [0.2, 0.25) is 0 Å². The van der Waals surface area contributed by atoms with Crippen LogP contribution in [0.1, 0.15) is 17.0 Å². The summed E-state index contributed by atoms with van der Waals surface area (Å²) in [5.41, 5.74) is 8.99. The number of aromatic nitrogens is 1. The van der Waals surface area contributed by atoms with Crippen LogP contribution in [0.3, 0.4) is 0 Å². The van der Waals surface area contributed by atoms with Crippen molar-refractivity contribution in [1.29, 1.82) is 0 Å². The quantitative estimate of drug-likeness (QED) is 0.734. The summed E-state index contributed by atoms with van der Waals surface area (Å²) in [6.45, 7) is 0. The fourth-order valence-corrected chi connectivity index (χ4v) is 2.23. The minimum Gasteiger partial charge on any atom is -0.327 e. The molecule has 12 heavy (non-hydrogen) atoms. The van der Waals surface area contributed by atoms with Crippen LogP contribution in [0.15, 0.2) is 5.51 Å². The van der Waals surface area contributed by atoms with E-state index in [-0.39, 0.29) is 24.8 Å². The molecule has 1 aromatic heterocycles. The molecule has 1 aliphatic carbocycles. The van der Waals surface area contributed by atoms with Crippen molar-refractivity contribution in [3.8, 4) is 0 Å². The van der Waals surface area contributed by atoms with E-state index in [1.807, 2.05) is 5.51 Å². The average molecular weight is 227 g/mol. The summed E-state index contributed by atoms with van der Waals surface area (Å²) in [5, 5.41) is 0. The van der Waals surface area contributed by atoms with E-state index >= 15 is 0 Å². The van der Waals surface area contributed by atoms with Crippen molar-refractivity contribution in [2.45, 2.75) is 25.3 Å². The molecule has 5 heteroatoms. The maximum Gasteiger partial charge on any atom is 0.0797 e. The van der Waals surface area contributed by atoms with Gasteiger partial charge in [0.2, 0.25) is 0 Å². The lowest BCUT2D eigenvalue weighted by Gasteiger charge is -2.15. The zero-order chi connectivity index (χ0) is 6.97. The van der Waals surface area contributed by atoms with Gasteiger partial charge >= 0.3 is 0 Å². The van der Waals surface area contributed by atoms with Crippen molar-refractivity contribution in [2.75, 3.05) is 0 Å². The average Bonchev–Trinajstić information content (AvgIpc) is 2.33. The van der Waals surface area contributed by atoms with Crippen molar-refractivity contribution in [1.82, 2.24) is 4.98 Å². The number of rotatable bonds is 0. The van der Waals surface area contributed by atoms with Crippen LogP contribution >= 0.6 is 36.2 Å². The third kappa shape index (κ3) is 2.33. The van der Waals surface area contributed by atoms with Gasteiger partial charge in [-0.05, 0) is 19.3 Å². The molecule has 2 nitrogen and oxygen atoms in total. The van der Waals surface area contributed by atoms with Gasteiger partial charge in [0.05, 0.1) is 11.2 Å². The van der Waals surface area contributed by atoms with Gasteiger partial charge in [-0.15, -0.1) is 36.2 Å². The van der Waals surface area contributed by atoms with E-state index in [2.05, 4.69) is 4.98 Å². The third-order valence-corrected chi connectivity index (χ3v) is 2.82. The van der Waals surface area contributed by atoms with E-state index < -0.39 is 0 Å². The molecular formula is C7H12Cl2N2S. The van der Waals surface area contributed by atoms with Gasteiger partial charge in [0, 0.05) is 10.9 Å². The second kappa shape index (κ2) is 5.02. The predicted molar refractivity (Wildman–Crippen MR) is 56.6 cm³/mol. The number of nitrogens with two attached hydrogens (primary N) is 1. The van der Waals surface area contributed by atoms with E-state index in [1.165, 1.54) is 10.6 Å². The van der Waals surface area contributed by atoms with Crippen LogP contribution < -0.4 is 5.73 Å². The number of hydrogen-bond donors (Lipinski definition) is 1. The molecule has 1 aromatic rings. The fraction of sp³-hybridized carbons (Fsp3) is 0.571. The largest absolute Gasteiger partial charge is 0.327 e. The summed E-state index contributed by atoms with van der Waals surface area (Å²) in [6.07, 6.45) is 3.23. The molecule has 0 amide bonds. The Balaban J connectivity index is 0.000000605. The number of thiazole rings is 1. The normalized spacial score (nSPS) is 20.2. The van der Waals surface area contributed by atoms with Crippen molar-refractivity contribution in [3.05, 3.63) is 16.1 Å². The first kappa shape index (κ1) is 12.2. The second-order valence-corrected chi connectivity index (χ2v) is 3.66. The molecule has 0 saturated heterocycles. The molecule has 0 saturated carbocycles. The monoisotopic (exact) mass is 226 g/mol. The highest BCUT2D eigenvalue weighted by Gasteiger charge is 2.16. The van der Waals surface area contributed by atoms with E-state index in [0.29, 0.717) is 6.04 Å². The van der Waals surface area contributed by atoms with Crippen molar-refractivity contribution >= 4 is 36.2 Å². The molecule has 70 valence electrons.